The molecule has 1 amide bonds. The molecule has 0 saturated carbocycles. The van der Waals surface area contributed by atoms with E-state index in [-0.39, 0.29) is 24.1 Å². The average molecular weight is 482 g/mol. The first kappa shape index (κ1) is 25.7. The van der Waals surface area contributed by atoms with Crippen LogP contribution in [0.1, 0.15) is 16.7 Å². The quantitative estimate of drug-likeness (QED) is 0.503. The van der Waals surface area contributed by atoms with Gasteiger partial charge < -0.3 is 15.7 Å². The van der Waals surface area contributed by atoms with E-state index in [0.717, 1.165) is 12.1 Å². The van der Waals surface area contributed by atoms with Gasteiger partial charge in [-0.2, -0.15) is 26.3 Å². The fourth-order valence-corrected chi connectivity index (χ4v) is 3.20. The van der Waals surface area contributed by atoms with Crippen molar-refractivity contribution < 1.29 is 40.5 Å². The SMILES string of the molecule is C[S@@](=O)CC(=O)NCc1ccc(NC[C@@](O)(c2cccc(C(F)(F)F)c2)C(F)(F)F)cc1. The number of hydrogen-bond acceptors (Lipinski definition) is 4. The van der Waals surface area contributed by atoms with Crippen molar-refractivity contribution in [1.82, 2.24) is 5.32 Å². The first-order valence-electron chi connectivity index (χ1n) is 9.09. The first-order chi connectivity index (χ1) is 14.7. The molecular formula is C20H20F6N2O3S. The standard InChI is InChI=1S/C20H20F6N2O3S/c1-32(31)11-17(29)27-10-13-5-7-16(8-6-13)28-12-18(30,20(24,25)26)14-3-2-4-15(9-14)19(21,22)23/h2-9,28,30H,10-12H2,1H3,(H,27,29)/t18-,32-/m1/s1. The topological polar surface area (TPSA) is 78.4 Å². The Morgan fingerprint density at radius 3 is 2.12 bits per heavy atom. The smallest absolute Gasteiger partial charge is 0.381 e. The second-order valence-corrected chi connectivity index (χ2v) is 8.42. The molecule has 2 aromatic rings. The highest BCUT2D eigenvalue weighted by Gasteiger charge is 2.55. The van der Waals surface area contributed by atoms with Crippen LogP contribution in [0, 0.1) is 0 Å². The molecule has 0 fully saturated rings. The summed E-state index contributed by atoms with van der Waals surface area (Å²) in [5.41, 5.74) is -5.05. The molecule has 0 aromatic heterocycles. The van der Waals surface area contributed by atoms with E-state index in [0.29, 0.717) is 11.6 Å². The van der Waals surface area contributed by atoms with Crippen molar-refractivity contribution in [2.75, 3.05) is 23.9 Å². The molecule has 12 heteroatoms. The number of hydrogen-bond donors (Lipinski definition) is 3. The second kappa shape index (κ2) is 9.90. The lowest BCUT2D eigenvalue weighted by Gasteiger charge is -2.32. The Balaban J connectivity index is 2.13. The fourth-order valence-electron chi connectivity index (χ4n) is 2.73. The van der Waals surface area contributed by atoms with E-state index in [2.05, 4.69) is 10.6 Å². The maximum absolute atomic E-state index is 13.6. The minimum absolute atomic E-state index is 0.104. The van der Waals surface area contributed by atoms with Gasteiger partial charge in [-0.3, -0.25) is 9.00 Å². The molecular weight excluding hydrogens is 462 g/mol. The van der Waals surface area contributed by atoms with Gasteiger partial charge in [0, 0.05) is 29.3 Å². The number of nitrogens with one attached hydrogen (secondary N) is 2. The Labute approximate surface area is 182 Å². The normalized spacial score (nSPS) is 15.0. The van der Waals surface area contributed by atoms with Gasteiger partial charge in [-0.25, -0.2) is 0 Å². The number of carbonyl (C=O) groups excluding carboxylic acids is 1. The molecule has 0 aliphatic heterocycles. The van der Waals surface area contributed by atoms with Gasteiger partial charge in [-0.05, 0) is 35.4 Å². The number of halogens is 6. The third-order valence-electron chi connectivity index (χ3n) is 4.46. The summed E-state index contributed by atoms with van der Waals surface area (Å²) in [6, 6.07) is 8.24. The van der Waals surface area contributed by atoms with Gasteiger partial charge in [-0.15, -0.1) is 0 Å². The third-order valence-corrected chi connectivity index (χ3v) is 5.13. The van der Waals surface area contributed by atoms with Crippen LogP contribution in [0.25, 0.3) is 0 Å². The molecule has 0 bridgehead atoms. The summed E-state index contributed by atoms with van der Waals surface area (Å²) in [7, 11) is -1.30. The van der Waals surface area contributed by atoms with Gasteiger partial charge in [0.1, 0.15) is 5.75 Å². The minimum atomic E-state index is -5.26. The molecule has 0 aliphatic carbocycles. The lowest BCUT2D eigenvalue weighted by molar-refractivity contribution is -0.260. The fraction of sp³-hybridized carbons (Fsp3) is 0.350. The van der Waals surface area contributed by atoms with Gasteiger partial charge in [0.15, 0.2) is 0 Å². The Morgan fingerprint density at radius 2 is 1.59 bits per heavy atom. The lowest BCUT2D eigenvalue weighted by atomic mass is 9.91. The molecule has 2 rings (SSSR count). The van der Waals surface area contributed by atoms with Crippen LogP contribution in [-0.4, -0.2) is 40.0 Å². The monoisotopic (exact) mass is 482 g/mol. The molecule has 2 atom stereocenters. The van der Waals surface area contributed by atoms with Gasteiger partial charge in [0.25, 0.3) is 0 Å². The van der Waals surface area contributed by atoms with E-state index in [1.165, 1.54) is 30.5 Å². The highest BCUT2D eigenvalue weighted by Crippen LogP contribution is 2.41. The Morgan fingerprint density at radius 1 is 1.00 bits per heavy atom. The summed E-state index contributed by atoms with van der Waals surface area (Å²) in [6.45, 7) is -1.02. The molecule has 0 aliphatic rings. The molecule has 0 saturated heterocycles. The van der Waals surface area contributed by atoms with Crippen LogP contribution in [-0.2, 0) is 33.9 Å². The van der Waals surface area contributed by atoms with Crippen LogP contribution in [0.3, 0.4) is 0 Å². The third kappa shape index (κ3) is 6.70. The van der Waals surface area contributed by atoms with E-state index in [4.69, 9.17) is 0 Å². The number of rotatable bonds is 8. The average Bonchev–Trinajstić information content (AvgIpc) is 2.69. The largest absolute Gasteiger partial charge is 0.423 e. The van der Waals surface area contributed by atoms with Crippen molar-refractivity contribution in [3.05, 3.63) is 65.2 Å². The number of amides is 1. The van der Waals surface area contributed by atoms with Crippen molar-refractivity contribution in [3.8, 4) is 0 Å². The van der Waals surface area contributed by atoms with Crippen LogP contribution in [0.15, 0.2) is 48.5 Å². The molecule has 32 heavy (non-hydrogen) atoms. The summed E-state index contributed by atoms with van der Waals surface area (Å²) in [6.07, 6.45) is -8.75. The van der Waals surface area contributed by atoms with E-state index in [9.17, 15) is 40.5 Å². The maximum Gasteiger partial charge on any atom is 0.423 e. The molecule has 0 heterocycles. The van der Waals surface area contributed by atoms with Crippen molar-refractivity contribution >= 4 is 22.4 Å². The molecule has 2 aromatic carbocycles. The molecule has 0 radical (unpaired) electrons. The van der Waals surface area contributed by atoms with Crippen molar-refractivity contribution in [1.29, 1.82) is 0 Å². The highest BCUT2D eigenvalue weighted by molar-refractivity contribution is 7.85. The van der Waals surface area contributed by atoms with Gasteiger partial charge >= 0.3 is 12.4 Å². The van der Waals surface area contributed by atoms with Crippen LogP contribution in [0.5, 0.6) is 0 Å². The van der Waals surface area contributed by atoms with Gasteiger partial charge in [0.05, 0.1) is 12.1 Å². The van der Waals surface area contributed by atoms with E-state index < -0.39 is 52.3 Å². The number of anilines is 1. The second-order valence-electron chi connectivity index (χ2n) is 6.98. The van der Waals surface area contributed by atoms with Crippen LogP contribution in [0.2, 0.25) is 0 Å². The van der Waals surface area contributed by atoms with E-state index in [1.54, 1.807) is 0 Å². The Hall–Kier alpha value is -2.60. The summed E-state index contributed by atoms with van der Waals surface area (Å²) in [5, 5.41) is 15.2. The van der Waals surface area contributed by atoms with Crippen molar-refractivity contribution in [2.24, 2.45) is 0 Å². The summed E-state index contributed by atoms with van der Waals surface area (Å²) in [4.78, 5) is 11.5. The molecule has 3 N–H and O–H groups in total. The molecule has 5 nitrogen and oxygen atoms in total. The van der Waals surface area contributed by atoms with E-state index in [1.807, 2.05) is 0 Å². The Kier molecular flexibility index (Phi) is 7.94. The van der Waals surface area contributed by atoms with Crippen LogP contribution in [0.4, 0.5) is 32.0 Å². The van der Waals surface area contributed by atoms with Gasteiger partial charge in [-0.1, -0.05) is 24.3 Å². The number of benzene rings is 2. The minimum Gasteiger partial charge on any atom is -0.381 e. The van der Waals surface area contributed by atoms with Crippen LogP contribution >= 0.6 is 0 Å². The van der Waals surface area contributed by atoms with Crippen molar-refractivity contribution in [2.45, 2.75) is 24.5 Å². The number of carbonyl (C=O) groups is 1. The molecule has 0 unspecified atom stereocenters. The molecule has 176 valence electrons. The first-order valence-corrected chi connectivity index (χ1v) is 10.8. The van der Waals surface area contributed by atoms with Gasteiger partial charge in [0.2, 0.25) is 11.5 Å². The Bertz CT molecular complexity index is 963. The number of alkyl halides is 6. The molecule has 0 spiro atoms. The number of aliphatic hydroxyl groups is 1. The summed E-state index contributed by atoms with van der Waals surface area (Å²) in [5.74, 6) is -0.588. The maximum atomic E-state index is 13.6. The van der Waals surface area contributed by atoms with Crippen molar-refractivity contribution in [3.63, 3.8) is 0 Å². The summed E-state index contributed by atoms with van der Waals surface area (Å²) >= 11 is 0. The summed E-state index contributed by atoms with van der Waals surface area (Å²) < 4.78 is 90.5. The van der Waals surface area contributed by atoms with Crippen LogP contribution < -0.4 is 10.6 Å². The highest BCUT2D eigenvalue weighted by atomic mass is 32.2. The zero-order chi connectivity index (χ0) is 24.2. The predicted octanol–water partition coefficient (Wildman–Crippen LogP) is 3.56. The predicted molar refractivity (Wildman–Crippen MR) is 107 cm³/mol. The zero-order valence-corrected chi connectivity index (χ0v) is 17.5. The zero-order valence-electron chi connectivity index (χ0n) is 16.7. The van der Waals surface area contributed by atoms with E-state index >= 15 is 0 Å². The lowest BCUT2D eigenvalue weighted by Crippen LogP contribution is -2.47.